The molecule has 4 N–H and O–H groups in total. The molecule has 0 aliphatic carbocycles. The van der Waals surface area contributed by atoms with Crippen LogP contribution in [0, 0.1) is 5.41 Å². The number of hydrogen-bond acceptors (Lipinski definition) is 6. The molecule has 0 unspecified atom stereocenters. The number of aliphatic hydroxyl groups is 2. The average molecular weight is 495 g/mol. The fraction of sp³-hybridized carbons (Fsp3) is 0.458. The predicted molar refractivity (Wildman–Crippen MR) is 128 cm³/mol. The molecule has 188 valence electrons. The molecule has 0 bridgehead atoms. The summed E-state index contributed by atoms with van der Waals surface area (Å²) in [6.07, 6.45) is -2.11. The van der Waals surface area contributed by atoms with Gasteiger partial charge in [-0.15, -0.1) is 0 Å². The molecule has 34 heavy (non-hydrogen) atoms. The molecule has 0 saturated heterocycles. The lowest BCUT2D eigenvalue weighted by atomic mass is 9.89. The number of carbonyl (C=O) groups is 1. The summed E-state index contributed by atoms with van der Waals surface area (Å²) in [5.41, 5.74) is 0.203. The van der Waals surface area contributed by atoms with Crippen molar-refractivity contribution in [3.8, 4) is 5.75 Å². The second-order valence-corrected chi connectivity index (χ2v) is 10.9. The molecule has 10 heteroatoms. The minimum atomic E-state index is -4.05. The molecule has 2 atom stereocenters. The van der Waals surface area contributed by atoms with Gasteiger partial charge in [-0.1, -0.05) is 44.2 Å². The molecule has 0 aromatic heterocycles. The molecule has 2 aromatic rings. The van der Waals surface area contributed by atoms with E-state index in [-0.39, 0.29) is 31.0 Å². The maximum atomic E-state index is 13.5. The van der Waals surface area contributed by atoms with Crippen LogP contribution in [0.15, 0.2) is 59.5 Å². The van der Waals surface area contributed by atoms with Gasteiger partial charge in [-0.3, -0.25) is 0 Å². The molecular formula is C24H34N2O7S. The van der Waals surface area contributed by atoms with Crippen LogP contribution < -0.4 is 10.1 Å². The number of nitrogens with one attached hydrogen (secondary N) is 1. The summed E-state index contributed by atoms with van der Waals surface area (Å²) in [6, 6.07) is 14.0. The van der Waals surface area contributed by atoms with E-state index in [0.717, 1.165) is 9.87 Å². The number of amides is 1. The van der Waals surface area contributed by atoms with E-state index < -0.39 is 33.7 Å². The highest BCUT2D eigenvalue weighted by Gasteiger charge is 2.34. The van der Waals surface area contributed by atoms with E-state index in [4.69, 9.17) is 4.74 Å². The minimum absolute atomic E-state index is 0.0180. The number of ether oxygens (including phenoxy) is 1. The van der Waals surface area contributed by atoms with Crippen LogP contribution in [0.2, 0.25) is 0 Å². The van der Waals surface area contributed by atoms with E-state index in [9.17, 15) is 28.5 Å². The van der Waals surface area contributed by atoms with Crippen LogP contribution in [0.4, 0.5) is 4.79 Å². The third-order valence-corrected chi connectivity index (χ3v) is 7.38. The Morgan fingerprint density at radius 2 is 1.74 bits per heavy atom. The lowest BCUT2D eigenvalue weighted by Crippen LogP contribution is -2.51. The zero-order chi connectivity index (χ0) is 25.4. The summed E-state index contributed by atoms with van der Waals surface area (Å²) in [5, 5.41) is 32.0. The first-order chi connectivity index (χ1) is 16.0. The number of nitrogens with zero attached hydrogens (tertiary/aromatic N) is 1. The smallest absolute Gasteiger partial charge is 0.404 e. The fourth-order valence-corrected chi connectivity index (χ4v) is 5.30. The van der Waals surface area contributed by atoms with Gasteiger partial charge in [0.05, 0.1) is 24.2 Å². The van der Waals surface area contributed by atoms with Gasteiger partial charge < -0.3 is 25.4 Å². The van der Waals surface area contributed by atoms with Crippen LogP contribution in [-0.4, -0.2) is 73.1 Å². The quantitative estimate of drug-likeness (QED) is 0.335. The molecule has 0 aliphatic rings. The summed E-state index contributed by atoms with van der Waals surface area (Å²) in [5.74, 6) is 0.500. The summed E-state index contributed by atoms with van der Waals surface area (Å²) in [4.78, 5) is 11.4. The number of hydrogen-bond donors (Lipinski definition) is 4. The molecule has 0 heterocycles. The van der Waals surface area contributed by atoms with E-state index in [1.807, 2.05) is 19.9 Å². The van der Waals surface area contributed by atoms with Crippen LogP contribution in [0.25, 0.3) is 0 Å². The van der Waals surface area contributed by atoms with E-state index in [1.165, 1.54) is 31.4 Å². The second-order valence-electron chi connectivity index (χ2n) is 8.92. The first-order valence-electron chi connectivity index (χ1n) is 10.9. The second kappa shape index (κ2) is 12.2. The molecule has 0 radical (unpaired) electrons. The summed E-state index contributed by atoms with van der Waals surface area (Å²) < 4.78 is 33.3. The number of carboxylic acid groups (broad SMARTS) is 1. The van der Waals surface area contributed by atoms with E-state index in [0.29, 0.717) is 12.2 Å². The summed E-state index contributed by atoms with van der Waals surface area (Å²) >= 11 is 0. The minimum Gasteiger partial charge on any atom is -0.497 e. The molecule has 2 aromatic carbocycles. The fourth-order valence-electron chi connectivity index (χ4n) is 3.65. The highest BCUT2D eigenvalue weighted by Crippen LogP contribution is 2.27. The van der Waals surface area contributed by atoms with Gasteiger partial charge in [0, 0.05) is 19.7 Å². The van der Waals surface area contributed by atoms with Gasteiger partial charge >= 0.3 is 6.09 Å². The third kappa shape index (κ3) is 7.98. The molecule has 9 nitrogen and oxygen atoms in total. The van der Waals surface area contributed by atoms with Crippen molar-refractivity contribution in [1.82, 2.24) is 9.62 Å². The number of sulfonamides is 1. The van der Waals surface area contributed by atoms with E-state index in [2.05, 4.69) is 5.32 Å². The first-order valence-corrected chi connectivity index (χ1v) is 12.4. The summed E-state index contributed by atoms with van der Waals surface area (Å²) in [6.45, 7) is 3.21. The van der Waals surface area contributed by atoms with Crippen molar-refractivity contribution in [3.63, 3.8) is 0 Å². The Balaban J connectivity index is 2.36. The van der Waals surface area contributed by atoms with Gasteiger partial charge in [0.1, 0.15) is 5.75 Å². The SMILES string of the molecule is COc1ccc(S(=O)(=O)N(C[C@@H](O)[C@H](Cc2ccccc2)NC(=O)O)CC(C)(C)CCO)cc1. The Morgan fingerprint density at radius 1 is 1.12 bits per heavy atom. The maximum Gasteiger partial charge on any atom is 0.404 e. The van der Waals surface area contributed by atoms with Crippen molar-refractivity contribution >= 4 is 16.1 Å². The zero-order valence-electron chi connectivity index (χ0n) is 19.7. The molecule has 1 amide bonds. The van der Waals surface area contributed by atoms with Crippen molar-refractivity contribution in [1.29, 1.82) is 0 Å². The van der Waals surface area contributed by atoms with Gasteiger partial charge in [0.25, 0.3) is 0 Å². The molecule has 0 aliphatic heterocycles. The van der Waals surface area contributed by atoms with Crippen molar-refractivity contribution in [3.05, 3.63) is 60.2 Å². The summed E-state index contributed by atoms with van der Waals surface area (Å²) in [7, 11) is -2.57. The third-order valence-electron chi connectivity index (χ3n) is 5.55. The highest BCUT2D eigenvalue weighted by atomic mass is 32.2. The Labute approximate surface area is 201 Å². The van der Waals surface area contributed by atoms with Crippen LogP contribution in [0.1, 0.15) is 25.8 Å². The van der Waals surface area contributed by atoms with Gasteiger partial charge in [-0.2, -0.15) is 4.31 Å². The number of methoxy groups -OCH3 is 1. The highest BCUT2D eigenvalue weighted by molar-refractivity contribution is 7.89. The lowest BCUT2D eigenvalue weighted by molar-refractivity contribution is 0.0877. The van der Waals surface area contributed by atoms with Crippen LogP contribution >= 0.6 is 0 Å². The standard InChI is InChI=1S/C24H34N2O7S/c1-24(2,13-14-27)17-26(34(31,32)20-11-9-19(33-3)10-12-20)16-22(28)21(25-23(29)30)15-18-7-5-4-6-8-18/h4-12,21-22,25,27-28H,13-17H2,1-3H3,(H,29,30)/t21-,22+/m0/s1. The lowest BCUT2D eigenvalue weighted by Gasteiger charge is -2.34. The van der Waals surface area contributed by atoms with Crippen molar-refractivity contribution in [2.75, 3.05) is 26.8 Å². The Morgan fingerprint density at radius 3 is 2.26 bits per heavy atom. The monoisotopic (exact) mass is 494 g/mol. The molecule has 0 spiro atoms. The zero-order valence-corrected chi connectivity index (χ0v) is 20.5. The Hall–Kier alpha value is -2.66. The maximum absolute atomic E-state index is 13.5. The predicted octanol–water partition coefficient (Wildman–Crippen LogP) is 2.33. The van der Waals surface area contributed by atoms with Gasteiger partial charge in [0.15, 0.2) is 0 Å². The van der Waals surface area contributed by atoms with Gasteiger partial charge in [-0.05, 0) is 48.1 Å². The van der Waals surface area contributed by atoms with Gasteiger partial charge in [0.2, 0.25) is 10.0 Å². The number of aliphatic hydroxyl groups excluding tert-OH is 2. The average Bonchev–Trinajstić information content (AvgIpc) is 2.78. The van der Waals surface area contributed by atoms with Crippen molar-refractivity contribution in [2.24, 2.45) is 5.41 Å². The first kappa shape index (κ1) is 27.6. The van der Waals surface area contributed by atoms with Crippen LogP contribution in [0.3, 0.4) is 0 Å². The van der Waals surface area contributed by atoms with Crippen LogP contribution in [-0.2, 0) is 16.4 Å². The number of benzene rings is 2. The van der Waals surface area contributed by atoms with E-state index >= 15 is 0 Å². The van der Waals surface area contributed by atoms with Gasteiger partial charge in [-0.25, -0.2) is 13.2 Å². The van der Waals surface area contributed by atoms with E-state index in [1.54, 1.807) is 24.3 Å². The van der Waals surface area contributed by atoms with Crippen LogP contribution in [0.5, 0.6) is 5.75 Å². The Bertz CT molecular complexity index is 1010. The topological polar surface area (TPSA) is 136 Å². The molecule has 2 rings (SSSR count). The largest absolute Gasteiger partial charge is 0.497 e. The molecular weight excluding hydrogens is 460 g/mol. The number of rotatable bonds is 13. The molecule has 0 fully saturated rings. The molecule has 0 saturated carbocycles. The van der Waals surface area contributed by atoms with Crippen molar-refractivity contribution in [2.45, 2.75) is 43.7 Å². The normalized spacial score (nSPS) is 13.9. The Kier molecular flexibility index (Phi) is 9.87. The van der Waals surface area contributed by atoms with Crippen molar-refractivity contribution < 1.29 is 33.3 Å².